The van der Waals surface area contributed by atoms with Gasteiger partial charge in [-0.2, -0.15) is 9.97 Å². The van der Waals surface area contributed by atoms with Crippen molar-refractivity contribution in [2.24, 2.45) is 12.8 Å². The first-order valence-corrected chi connectivity index (χ1v) is 13.9. The molecule has 2 aromatic carbocycles. The molecule has 0 radical (unpaired) electrons. The van der Waals surface area contributed by atoms with Crippen LogP contribution in [0.1, 0.15) is 38.7 Å². The Kier molecular flexibility index (Phi) is 7.92. The fourth-order valence-corrected chi connectivity index (χ4v) is 5.03. The summed E-state index contributed by atoms with van der Waals surface area (Å²) >= 11 is 6.49. The number of nitrogens with two attached hydrogens (primary N) is 1. The smallest absolute Gasteiger partial charge is 0.347 e. The van der Waals surface area contributed by atoms with Gasteiger partial charge in [0.25, 0.3) is 5.56 Å². The topological polar surface area (TPSA) is 138 Å². The summed E-state index contributed by atoms with van der Waals surface area (Å²) in [5.41, 5.74) is 5.95. The van der Waals surface area contributed by atoms with Crippen molar-refractivity contribution in [1.29, 1.82) is 0 Å². The van der Waals surface area contributed by atoms with Crippen LogP contribution < -0.4 is 25.7 Å². The fourth-order valence-electron chi connectivity index (χ4n) is 4.83. The molecule has 2 atom stereocenters. The van der Waals surface area contributed by atoms with E-state index in [2.05, 4.69) is 9.88 Å². The van der Waals surface area contributed by atoms with Gasteiger partial charge < -0.3 is 25.2 Å². The lowest BCUT2D eigenvalue weighted by atomic mass is 10.0. The highest BCUT2D eigenvalue weighted by molar-refractivity contribution is 6.31. The van der Waals surface area contributed by atoms with Gasteiger partial charge in [-0.1, -0.05) is 42.8 Å². The maximum atomic E-state index is 13.8. The first-order valence-electron chi connectivity index (χ1n) is 13.5. The number of halogens is 1. The van der Waals surface area contributed by atoms with Crippen molar-refractivity contribution in [3.63, 3.8) is 0 Å². The number of benzene rings is 2. The van der Waals surface area contributed by atoms with E-state index in [9.17, 15) is 14.7 Å². The van der Waals surface area contributed by atoms with E-state index in [1.54, 1.807) is 38.2 Å². The van der Waals surface area contributed by atoms with Crippen molar-refractivity contribution in [1.82, 2.24) is 19.1 Å². The molecule has 11 nitrogen and oxygen atoms in total. The number of rotatable bonds is 9. The number of anilines is 1. The fraction of sp³-hybridized carbons (Fsp3) is 0.379. The van der Waals surface area contributed by atoms with Crippen molar-refractivity contribution >= 4 is 34.7 Å². The van der Waals surface area contributed by atoms with Crippen LogP contribution in [0.25, 0.3) is 11.2 Å². The number of aromatic nitrogens is 4. The number of piperidine rings is 1. The third-order valence-electron chi connectivity index (χ3n) is 7.44. The number of hydrogen-bond donors (Lipinski definition) is 2. The predicted molar refractivity (Wildman–Crippen MR) is 156 cm³/mol. The highest BCUT2D eigenvalue weighted by atomic mass is 35.5. The van der Waals surface area contributed by atoms with Crippen molar-refractivity contribution in [3.05, 3.63) is 69.5 Å². The van der Waals surface area contributed by atoms with Crippen LogP contribution in [0.4, 0.5) is 5.95 Å². The lowest BCUT2D eigenvalue weighted by Gasteiger charge is -2.31. The second kappa shape index (κ2) is 11.4. The Morgan fingerprint density at radius 2 is 1.95 bits per heavy atom. The van der Waals surface area contributed by atoms with Gasteiger partial charge in [0.1, 0.15) is 11.5 Å². The van der Waals surface area contributed by atoms with Gasteiger partial charge in [0, 0.05) is 37.3 Å². The normalized spacial score (nSPS) is 16.9. The van der Waals surface area contributed by atoms with Gasteiger partial charge in [0.2, 0.25) is 11.5 Å². The number of fused-ring (bicyclic) bond motifs is 1. The van der Waals surface area contributed by atoms with Crippen molar-refractivity contribution in [2.45, 2.75) is 51.3 Å². The summed E-state index contributed by atoms with van der Waals surface area (Å²) in [6.45, 7) is 4.93. The van der Waals surface area contributed by atoms with Crippen LogP contribution in [-0.2, 0) is 18.4 Å². The van der Waals surface area contributed by atoms with E-state index in [-0.39, 0.29) is 29.7 Å². The average molecular weight is 581 g/mol. The largest absolute Gasteiger partial charge is 0.478 e. The summed E-state index contributed by atoms with van der Waals surface area (Å²) in [6, 6.07) is 14.1. The Morgan fingerprint density at radius 3 is 2.66 bits per heavy atom. The monoisotopic (exact) mass is 580 g/mol. The quantitative estimate of drug-likeness (QED) is 0.298. The van der Waals surface area contributed by atoms with Crippen LogP contribution in [0, 0.1) is 0 Å². The molecule has 2 unspecified atom stereocenters. The second-order valence-electron chi connectivity index (χ2n) is 10.4. The Morgan fingerprint density at radius 1 is 1.20 bits per heavy atom. The van der Waals surface area contributed by atoms with Gasteiger partial charge in [0.15, 0.2) is 11.2 Å². The average Bonchev–Trinajstić information content (AvgIpc) is 3.30. The van der Waals surface area contributed by atoms with E-state index in [1.165, 1.54) is 11.5 Å². The molecule has 0 amide bonds. The van der Waals surface area contributed by atoms with Gasteiger partial charge in [-0.25, -0.2) is 4.79 Å². The molecule has 0 bridgehead atoms. The standard InChI is InChI=1S/C29H33ClN6O5/c1-4-29(2,26(38)39)41-21-12-7-11-20(15-21)40-28-33-24-23(25(37)34(28)3)36(16-18-9-5-6-13-22(18)30)27(32-24)35-14-8-10-19(31)17-35/h5-7,9,11-13,15,19H,4,8,10,14,16-17,31H2,1-3H3,(H,38,39). The van der Waals surface area contributed by atoms with Crippen LogP contribution in [0.2, 0.25) is 5.02 Å². The summed E-state index contributed by atoms with van der Waals surface area (Å²) < 4.78 is 14.9. The molecule has 216 valence electrons. The zero-order valence-corrected chi connectivity index (χ0v) is 24.0. The third kappa shape index (κ3) is 5.73. The maximum Gasteiger partial charge on any atom is 0.347 e. The van der Waals surface area contributed by atoms with E-state index >= 15 is 0 Å². The molecule has 1 aliphatic rings. The van der Waals surface area contributed by atoms with Crippen molar-refractivity contribution in [2.75, 3.05) is 18.0 Å². The summed E-state index contributed by atoms with van der Waals surface area (Å²) in [4.78, 5) is 37.0. The molecule has 1 aliphatic heterocycles. The van der Waals surface area contributed by atoms with Crippen LogP contribution in [-0.4, -0.2) is 54.9 Å². The first kappa shape index (κ1) is 28.4. The molecule has 2 aromatic heterocycles. The summed E-state index contributed by atoms with van der Waals surface area (Å²) in [5.74, 6) is 0.164. The molecule has 3 heterocycles. The SMILES string of the molecule is CCC(C)(Oc1cccc(Oc2nc3nc(N4CCCC(N)C4)n(Cc4ccccc4Cl)c3c(=O)n2C)c1)C(=O)O. The second-order valence-corrected chi connectivity index (χ2v) is 10.8. The highest BCUT2D eigenvalue weighted by Gasteiger charge is 2.33. The number of aliphatic carboxylic acids is 1. The predicted octanol–water partition coefficient (Wildman–Crippen LogP) is 4.18. The van der Waals surface area contributed by atoms with Crippen LogP contribution in [0.5, 0.6) is 17.5 Å². The van der Waals surface area contributed by atoms with Crippen LogP contribution >= 0.6 is 11.6 Å². The van der Waals surface area contributed by atoms with E-state index < -0.39 is 11.6 Å². The van der Waals surface area contributed by atoms with E-state index in [0.717, 1.165) is 24.9 Å². The highest BCUT2D eigenvalue weighted by Crippen LogP contribution is 2.30. The Hall–Kier alpha value is -4.09. The maximum absolute atomic E-state index is 13.8. The van der Waals surface area contributed by atoms with Crippen molar-refractivity contribution < 1.29 is 19.4 Å². The molecule has 3 N–H and O–H groups in total. The third-order valence-corrected chi connectivity index (χ3v) is 7.81. The number of carboxylic acids is 1. The minimum absolute atomic E-state index is 0.00259. The minimum atomic E-state index is -1.40. The van der Waals surface area contributed by atoms with E-state index in [1.807, 2.05) is 28.8 Å². The zero-order chi connectivity index (χ0) is 29.3. The van der Waals surface area contributed by atoms with Crippen LogP contribution in [0.15, 0.2) is 53.3 Å². The molecule has 1 fully saturated rings. The molecular weight excluding hydrogens is 548 g/mol. The Bertz CT molecular complexity index is 1650. The van der Waals surface area contributed by atoms with Crippen LogP contribution in [0.3, 0.4) is 0 Å². The number of ether oxygens (including phenoxy) is 2. The molecule has 5 rings (SSSR count). The molecule has 41 heavy (non-hydrogen) atoms. The van der Waals surface area contributed by atoms with E-state index in [0.29, 0.717) is 41.1 Å². The Balaban J connectivity index is 1.55. The minimum Gasteiger partial charge on any atom is -0.478 e. The lowest BCUT2D eigenvalue weighted by molar-refractivity contribution is -0.154. The molecular formula is C29H33ClN6O5. The molecule has 1 saturated heterocycles. The number of carbonyl (C=O) groups is 1. The summed E-state index contributed by atoms with van der Waals surface area (Å²) in [7, 11) is 1.58. The lowest BCUT2D eigenvalue weighted by Crippen LogP contribution is -2.44. The zero-order valence-electron chi connectivity index (χ0n) is 23.2. The summed E-state index contributed by atoms with van der Waals surface area (Å²) in [5, 5.41) is 10.2. The summed E-state index contributed by atoms with van der Waals surface area (Å²) in [6.07, 6.45) is 2.10. The Labute approximate surface area is 242 Å². The number of hydrogen-bond acceptors (Lipinski definition) is 8. The molecule has 0 saturated carbocycles. The number of carboxylic acid groups (broad SMARTS) is 1. The number of imidazole rings is 1. The molecule has 4 aromatic rings. The van der Waals surface area contributed by atoms with Gasteiger partial charge in [0.05, 0.1) is 6.54 Å². The number of nitrogens with zero attached hydrogens (tertiary/aromatic N) is 5. The van der Waals surface area contributed by atoms with Gasteiger partial charge in [-0.15, -0.1) is 0 Å². The van der Waals surface area contributed by atoms with Crippen molar-refractivity contribution in [3.8, 4) is 17.5 Å². The molecule has 0 aliphatic carbocycles. The molecule has 0 spiro atoms. The van der Waals surface area contributed by atoms with E-state index in [4.69, 9.17) is 31.8 Å². The molecule has 12 heteroatoms. The van der Waals surface area contributed by atoms with Gasteiger partial charge >= 0.3 is 12.0 Å². The first-order chi connectivity index (χ1) is 19.6. The van der Waals surface area contributed by atoms with Gasteiger partial charge in [-0.05, 0) is 49.9 Å². The van der Waals surface area contributed by atoms with Gasteiger partial charge in [-0.3, -0.25) is 13.9 Å².